The Labute approximate surface area is 140 Å². The van der Waals surface area contributed by atoms with Crippen LogP contribution < -0.4 is 0 Å². The largest absolute Gasteiger partial charge is 0.497 e. The molecule has 0 spiro atoms. The lowest BCUT2D eigenvalue weighted by atomic mass is 10.0. The fraction of sp³-hybridized carbons (Fsp3) is 0.0455. The second-order valence-electron chi connectivity index (χ2n) is 5.65. The monoisotopic (exact) mass is 311 g/mol. The smallest absolute Gasteiger partial charge is 0.106 e. The lowest BCUT2D eigenvalue weighted by Gasteiger charge is -2.05. The highest BCUT2D eigenvalue weighted by Gasteiger charge is 2.02. The fourth-order valence-electron chi connectivity index (χ4n) is 2.90. The first-order valence-corrected chi connectivity index (χ1v) is 8.01. The van der Waals surface area contributed by atoms with E-state index in [9.17, 15) is 0 Å². The molecule has 116 valence electrons. The van der Waals surface area contributed by atoms with Crippen LogP contribution in [0.1, 0.15) is 0 Å². The quantitative estimate of drug-likeness (QED) is 0.310. The van der Waals surface area contributed by atoms with E-state index in [1.807, 2.05) is 30.5 Å². The van der Waals surface area contributed by atoms with Gasteiger partial charge >= 0.3 is 0 Å². The van der Waals surface area contributed by atoms with Crippen LogP contribution in [0.25, 0.3) is 32.4 Å². The maximum atomic E-state index is 4.80. The van der Waals surface area contributed by atoms with Crippen LogP contribution in [0.3, 0.4) is 0 Å². The number of hydrogen-bond acceptors (Lipinski definition) is 2. The number of pyridine rings is 1. The molecule has 0 amide bonds. The molecule has 0 atom stereocenters. The molecule has 0 saturated heterocycles. The van der Waals surface area contributed by atoms with Crippen LogP contribution in [-0.2, 0) is 4.74 Å². The molecule has 1 aromatic heterocycles. The number of ether oxygens (including phenoxy) is 1. The van der Waals surface area contributed by atoms with Gasteiger partial charge in [-0.2, -0.15) is 0 Å². The van der Waals surface area contributed by atoms with Crippen LogP contribution in [0.15, 0.2) is 91.4 Å². The number of fused-ring (bicyclic) bond motifs is 4. The van der Waals surface area contributed by atoms with Gasteiger partial charge in [0.25, 0.3) is 0 Å². The zero-order chi connectivity index (χ0) is 16.2. The maximum absolute atomic E-state index is 4.80. The Morgan fingerprint density at radius 3 is 2.25 bits per heavy atom. The molecular formula is C22H17NO. The van der Waals surface area contributed by atoms with Gasteiger partial charge in [0.15, 0.2) is 0 Å². The van der Waals surface area contributed by atoms with Crippen molar-refractivity contribution < 1.29 is 4.74 Å². The molecule has 2 nitrogen and oxygen atoms in total. The number of aromatic nitrogens is 1. The summed E-state index contributed by atoms with van der Waals surface area (Å²) in [5.74, 6) is 0. The molecule has 5 rings (SSSR count). The SMILES string of the molecule is C1=CCOC=C1.c1ccc2cc3c(ccc4cccnc43)cc2c1. The molecule has 0 unspecified atom stereocenters. The van der Waals surface area contributed by atoms with Crippen molar-refractivity contribution in [2.45, 2.75) is 0 Å². The first-order chi connectivity index (χ1) is 11.9. The summed E-state index contributed by atoms with van der Waals surface area (Å²) in [7, 11) is 0. The Morgan fingerprint density at radius 1 is 0.750 bits per heavy atom. The summed E-state index contributed by atoms with van der Waals surface area (Å²) in [5, 5.41) is 6.22. The van der Waals surface area contributed by atoms with Crippen LogP contribution in [0, 0.1) is 0 Å². The van der Waals surface area contributed by atoms with Gasteiger partial charge in [-0.3, -0.25) is 4.98 Å². The highest BCUT2D eigenvalue weighted by Crippen LogP contribution is 2.27. The third-order valence-electron chi connectivity index (χ3n) is 4.07. The minimum atomic E-state index is 0.733. The van der Waals surface area contributed by atoms with Gasteiger partial charge in [0, 0.05) is 17.0 Å². The average Bonchev–Trinajstić information content (AvgIpc) is 2.68. The first-order valence-electron chi connectivity index (χ1n) is 8.01. The Bertz CT molecular complexity index is 1050. The summed E-state index contributed by atoms with van der Waals surface area (Å²) in [6.45, 7) is 0.733. The van der Waals surface area contributed by atoms with E-state index in [-0.39, 0.29) is 0 Å². The molecule has 3 aromatic carbocycles. The molecule has 1 aliphatic rings. The number of hydrogen-bond donors (Lipinski definition) is 0. The van der Waals surface area contributed by atoms with Crippen LogP contribution in [0.2, 0.25) is 0 Å². The molecule has 4 aromatic rings. The van der Waals surface area contributed by atoms with Crippen molar-refractivity contribution in [2.75, 3.05) is 6.61 Å². The summed E-state index contributed by atoms with van der Waals surface area (Å²) in [6, 6.07) is 21.3. The summed E-state index contributed by atoms with van der Waals surface area (Å²) in [4.78, 5) is 4.52. The third-order valence-corrected chi connectivity index (χ3v) is 4.07. The normalized spacial score (nSPS) is 12.8. The first kappa shape index (κ1) is 14.5. The van der Waals surface area contributed by atoms with Gasteiger partial charge in [0.2, 0.25) is 0 Å². The van der Waals surface area contributed by atoms with E-state index in [1.54, 1.807) is 6.26 Å². The molecule has 24 heavy (non-hydrogen) atoms. The number of allylic oxidation sites excluding steroid dienone is 2. The fourth-order valence-corrected chi connectivity index (χ4v) is 2.90. The Morgan fingerprint density at radius 2 is 1.54 bits per heavy atom. The van der Waals surface area contributed by atoms with Gasteiger partial charge in [-0.25, -0.2) is 0 Å². The summed E-state index contributed by atoms with van der Waals surface area (Å²) < 4.78 is 4.80. The van der Waals surface area contributed by atoms with E-state index in [0.717, 1.165) is 12.1 Å². The molecule has 0 aliphatic carbocycles. The van der Waals surface area contributed by atoms with Gasteiger partial charge in [0.1, 0.15) is 6.61 Å². The molecular weight excluding hydrogens is 294 g/mol. The van der Waals surface area contributed by atoms with Crippen molar-refractivity contribution in [1.82, 2.24) is 4.98 Å². The van der Waals surface area contributed by atoms with E-state index in [4.69, 9.17) is 4.74 Å². The second-order valence-corrected chi connectivity index (χ2v) is 5.65. The van der Waals surface area contributed by atoms with E-state index < -0.39 is 0 Å². The van der Waals surface area contributed by atoms with Crippen molar-refractivity contribution in [3.8, 4) is 0 Å². The topological polar surface area (TPSA) is 22.1 Å². The van der Waals surface area contributed by atoms with Crippen molar-refractivity contribution >= 4 is 32.4 Å². The predicted octanol–water partition coefficient (Wildman–Crippen LogP) is 5.63. The maximum Gasteiger partial charge on any atom is 0.106 e. The van der Waals surface area contributed by atoms with E-state index in [1.165, 1.54) is 26.9 Å². The minimum absolute atomic E-state index is 0.733. The number of benzene rings is 3. The zero-order valence-electron chi connectivity index (χ0n) is 13.2. The molecule has 0 saturated carbocycles. The van der Waals surface area contributed by atoms with Crippen LogP contribution in [0.5, 0.6) is 0 Å². The highest BCUT2D eigenvalue weighted by atomic mass is 16.5. The van der Waals surface area contributed by atoms with Gasteiger partial charge in [0.05, 0.1) is 11.8 Å². The number of rotatable bonds is 0. The Balaban J connectivity index is 0.000000207. The van der Waals surface area contributed by atoms with Crippen LogP contribution in [0.4, 0.5) is 0 Å². The zero-order valence-corrected chi connectivity index (χ0v) is 13.2. The van der Waals surface area contributed by atoms with E-state index >= 15 is 0 Å². The molecule has 2 heterocycles. The van der Waals surface area contributed by atoms with Gasteiger partial charge in [-0.1, -0.05) is 48.5 Å². The predicted molar refractivity (Wildman–Crippen MR) is 101 cm³/mol. The molecule has 0 radical (unpaired) electrons. The lowest BCUT2D eigenvalue weighted by Crippen LogP contribution is -1.82. The summed E-state index contributed by atoms with van der Waals surface area (Å²) in [5.41, 5.74) is 1.08. The molecule has 1 aliphatic heterocycles. The lowest BCUT2D eigenvalue weighted by molar-refractivity contribution is 0.286. The molecule has 0 fully saturated rings. The van der Waals surface area contributed by atoms with E-state index in [2.05, 4.69) is 59.6 Å². The van der Waals surface area contributed by atoms with Crippen molar-refractivity contribution in [1.29, 1.82) is 0 Å². The highest BCUT2D eigenvalue weighted by molar-refractivity contribution is 6.10. The van der Waals surface area contributed by atoms with Crippen molar-refractivity contribution in [3.63, 3.8) is 0 Å². The summed E-state index contributed by atoms with van der Waals surface area (Å²) in [6.07, 6.45) is 9.32. The minimum Gasteiger partial charge on any atom is -0.497 e. The van der Waals surface area contributed by atoms with Crippen LogP contribution in [-0.4, -0.2) is 11.6 Å². The molecule has 2 heteroatoms. The van der Waals surface area contributed by atoms with Gasteiger partial charge in [-0.05, 0) is 46.5 Å². The standard InChI is InChI=1S/C17H11N.C5H6O/c1-2-5-14-11-16-15(10-13(14)4-1)8-7-12-6-3-9-18-17(12)16;1-2-4-6-5-3-1/h1-11H;1-4H,5H2. The number of nitrogens with zero attached hydrogens (tertiary/aromatic N) is 1. The second kappa shape index (κ2) is 6.55. The third kappa shape index (κ3) is 2.86. The average molecular weight is 311 g/mol. The van der Waals surface area contributed by atoms with Gasteiger partial charge in [-0.15, -0.1) is 0 Å². The van der Waals surface area contributed by atoms with Crippen molar-refractivity contribution in [3.05, 3.63) is 91.4 Å². The van der Waals surface area contributed by atoms with Crippen molar-refractivity contribution in [2.24, 2.45) is 0 Å². The van der Waals surface area contributed by atoms with Crippen LogP contribution >= 0.6 is 0 Å². The Kier molecular flexibility index (Phi) is 3.95. The van der Waals surface area contributed by atoms with Gasteiger partial charge < -0.3 is 4.74 Å². The van der Waals surface area contributed by atoms with E-state index in [0.29, 0.717) is 0 Å². The Hall–Kier alpha value is -3.13. The molecule has 0 N–H and O–H groups in total. The summed E-state index contributed by atoms with van der Waals surface area (Å²) >= 11 is 0. The molecule has 0 bridgehead atoms.